The van der Waals surface area contributed by atoms with Gasteiger partial charge in [0.1, 0.15) is 0 Å². The number of H-pyrrole nitrogens is 1. The highest BCUT2D eigenvalue weighted by Gasteiger charge is 2.10. The van der Waals surface area contributed by atoms with Gasteiger partial charge in [-0.2, -0.15) is 5.10 Å². The number of rotatable bonds is 3. The summed E-state index contributed by atoms with van der Waals surface area (Å²) >= 11 is 0. The molecule has 0 spiro atoms. The lowest BCUT2D eigenvalue weighted by Gasteiger charge is -2.08. The molecular weight excluding hydrogens is 244 g/mol. The van der Waals surface area contributed by atoms with Crippen LogP contribution in [0.5, 0.6) is 0 Å². The molecule has 0 unspecified atom stereocenters. The fourth-order valence-electron chi connectivity index (χ4n) is 1.67. The van der Waals surface area contributed by atoms with E-state index in [1.807, 2.05) is 26.1 Å². The van der Waals surface area contributed by atoms with Crippen molar-refractivity contribution >= 4 is 17.4 Å². The minimum Gasteiger partial charge on any atom is -0.388 e. The van der Waals surface area contributed by atoms with Crippen LogP contribution in [0, 0.1) is 6.92 Å². The number of carbonyl (C=O) groups is 1. The lowest BCUT2D eigenvalue weighted by Crippen LogP contribution is -2.16. The Morgan fingerprint density at radius 2 is 2.05 bits per heavy atom. The molecule has 1 heterocycles. The highest BCUT2D eigenvalue weighted by Crippen LogP contribution is 2.15. The summed E-state index contributed by atoms with van der Waals surface area (Å²) in [6, 6.07) is 8.20. The van der Waals surface area contributed by atoms with E-state index in [2.05, 4.69) is 20.8 Å². The van der Waals surface area contributed by atoms with Crippen LogP contribution in [0.3, 0.4) is 0 Å². The Bertz CT molecular complexity index is 643. The van der Waals surface area contributed by atoms with Crippen molar-refractivity contribution in [3.63, 3.8) is 0 Å². The number of nitrogens with zero attached hydrogens (tertiary/aromatic N) is 1. The van der Waals surface area contributed by atoms with Crippen LogP contribution in [-0.2, 0) is 0 Å². The third-order valence-corrected chi connectivity index (χ3v) is 2.68. The molecule has 2 rings (SSSR count). The van der Waals surface area contributed by atoms with Crippen LogP contribution in [0.15, 0.2) is 35.1 Å². The monoisotopic (exact) mass is 258 g/mol. The number of nitrogens with one attached hydrogen (secondary N) is 3. The largest absolute Gasteiger partial charge is 0.388 e. The summed E-state index contributed by atoms with van der Waals surface area (Å²) in [4.78, 5) is 22.9. The predicted octanol–water partition coefficient (Wildman–Crippen LogP) is 1.37. The van der Waals surface area contributed by atoms with E-state index in [-0.39, 0.29) is 11.5 Å². The Balaban J connectivity index is 2.20. The standard InChI is InChI=1S/C13H14N4O2/c1-8-7-9(14-2)3-4-10(8)13(19)15-11-5-6-12(18)17-16-11/h3-7,14H,1-2H3,(H,17,18)(H,15,16,19). The van der Waals surface area contributed by atoms with Crippen molar-refractivity contribution in [2.75, 3.05) is 17.7 Å². The third kappa shape index (κ3) is 2.98. The molecular formula is C13H14N4O2. The second kappa shape index (κ2) is 5.34. The number of hydrogen-bond acceptors (Lipinski definition) is 4. The molecule has 0 saturated carbocycles. The molecule has 2 aromatic rings. The zero-order valence-corrected chi connectivity index (χ0v) is 10.7. The van der Waals surface area contributed by atoms with Gasteiger partial charge in [-0.25, -0.2) is 5.10 Å². The zero-order valence-electron chi connectivity index (χ0n) is 10.7. The minimum absolute atomic E-state index is 0.264. The maximum atomic E-state index is 12.1. The Hall–Kier alpha value is -2.63. The fraction of sp³-hybridized carbons (Fsp3) is 0.154. The van der Waals surface area contributed by atoms with Crippen LogP contribution in [0.1, 0.15) is 15.9 Å². The average Bonchev–Trinajstić information content (AvgIpc) is 2.41. The Morgan fingerprint density at radius 3 is 2.63 bits per heavy atom. The second-order valence-electron chi connectivity index (χ2n) is 4.04. The summed E-state index contributed by atoms with van der Waals surface area (Å²) < 4.78 is 0. The van der Waals surface area contributed by atoms with Gasteiger partial charge in [-0.05, 0) is 36.8 Å². The summed E-state index contributed by atoms with van der Waals surface area (Å²) in [7, 11) is 1.82. The Morgan fingerprint density at radius 1 is 1.26 bits per heavy atom. The summed E-state index contributed by atoms with van der Waals surface area (Å²) in [5.74, 6) is 0.0430. The van der Waals surface area contributed by atoms with E-state index in [9.17, 15) is 9.59 Å². The van der Waals surface area contributed by atoms with E-state index >= 15 is 0 Å². The molecule has 0 aliphatic heterocycles. The van der Waals surface area contributed by atoms with Crippen molar-refractivity contribution in [1.82, 2.24) is 10.2 Å². The zero-order chi connectivity index (χ0) is 13.8. The molecule has 6 nitrogen and oxygen atoms in total. The van der Waals surface area contributed by atoms with Crippen molar-refractivity contribution < 1.29 is 4.79 Å². The van der Waals surface area contributed by atoms with E-state index in [1.165, 1.54) is 12.1 Å². The van der Waals surface area contributed by atoms with Crippen molar-refractivity contribution in [1.29, 1.82) is 0 Å². The SMILES string of the molecule is CNc1ccc(C(=O)Nc2ccc(=O)[nH]n2)c(C)c1. The summed E-state index contributed by atoms with van der Waals surface area (Å²) in [6.07, 6.45) is 0. The maximum absolute atomic E-state index is 12.1. The molecule has 19 heavy (non-hydrogen) atoms. The van der Waals surface area contributed by atoms with Gasteiger partial charge in [0, 0.05) is 24.4 Å². The fourth-order valence-corrected chi connectivity index (χ4v) is 1.67. The number of anilines is 2. The van der Waals surface area contributed by atoms with Gasteiger partial charge in [-0.15, -0.1) is 0 Å². The number of aromatic amines is 1. The molecule has 0 fully saturated rings. The summed E-state index contributed by atoms with van der Waals surface area (Å²) in [5.41, 5.74) is 2.05. The van der Waals surface area contributed by atoms with Gasteiger partial charge >= 0.3 is 0 Å². The highest BCUT2D eigenvalue weighted by molar-refractivity contribution is 6.04. The first-order chi connectivity index (χ1) is 9.10. The van der Waals surface area contributed by atoms with E-state index in [1.54, 1.807) is 6.07 Å². The number of aromatic nitrogens is 2. The highest BCUT2D eigenvalue weighted by atomic mass is 16.2. The van der Waals surface area contributed by atoms with E-state index in [4.69, 9.17) is 0 Å². The molecule has 0 aliphatic carbocycles. The molecule has 6 heteroatoms. The molecule has 0 bridgehead atoms. The van der Waals surface area contributed by atoms with Crippen LogP contribution < -0.4 is 16.2 Å². The number of hydrogen-bond donors (Lipinski definition) is 3. The quantitative estimate of drug-likeness (QED) is 0.776. The molecule has 1 aromatic heterocycles. The van der Waals surface area contributed by atoms with Crippen LogP contribution >= 0.6 is 0 Å². The minimum atomic E-state index is -0.312. The normalized spacial score (nSPS) is 10.0. The van der Waals surface area contributed by atoms with Gasteiger partial charge < -0.3 is 10.6 Å². The van der Waals surface area contributed by atoms with E-state index in [0.717, 1.165) is 11.3 Å². The first-order valence-corrected chi connectivity index (χ1v) is 5.75. The van der Waals surface area contributed by atoms with Gasteiger partial charge in [0.05, 0.1) is 0 Å². The van der Waals surface area contributed by atoms with Crippen molar-refractivity contribution in [2.45, 2.75) is 6.92 Å². The smallest absolute Gasteiger partial charge is 0.264 e. The maximum Gasteiger partial charge on any atom is 0.264 e. The van der Waals surface area contributed by atoms with Gasteiger partial charge in [0.15, 0.2) is 5.82 Å². The first kappa shape index (κ1) is 12.8. The number of aryl methyl sites for hydroxylation is 1. The van der Waals surface area contributed by atoms with Crippen molar-refractivity contribution in [2.24, 2.45) is 0 Å². The molecule has 0 atom stereocenters. The number of carbonyl (C=O) groups excluding carboxylic acids is 1. The first-order valence-electron chi connectivity index (χ1n) is 5.75. The Kier molecular flexibility index (Phi) is 3.61. The Labute approximate surface area is 109 Å². The molecule has 98 valence electrons. The lowest BCUT2D eigenvalue weighted by atomic mass is 10.1. The lowest BCUT2D eigenvalue weighted by molar-refractivity contribution is 0.102. The summed E-state index contributed by atoms with van der Waals surface area (Å²) in [6.45, 7) is 1.86. The topological polar surface area (TPSA) is 86.9 Å². The van der Waals surface area contributed by atoms with E-state index in [0.29, 0.717) is 11.4 Å². The predicted molar refractivity (Wildman–Crippen MR) is 73.5 cm³/mol. The van der Waals surface area contributed by atoms with Crippen LogP contribution in [0.2, 0.25) is 0 Å². The van der Waals surface area contributed by atoms with E-state index < -0.39 is 0 Å². The van der Waals surface area contributed by atoms with Crippen LogP contribution in [0.4, 0.5) is 11.5 Å². The second-order valence-corrected chi connectivity index (χ2v) is 4.04. The third-order valence-electron chi connectivity index (χ3n) is 2.68. The molecule has 3 N–H and O–H groups in total. The van der Waals surface area contributed by atoms with Gasteiger partial charge in [-0.1, -0.05) is 0 Å². The van der Waals surface area contributed by atoms with Gasteiger partial charge in [-0.3, -0.25) is 9.59 Å². The van der Waals surface area contributed by atoms with Crippen LogP contribution in [0.25, 0.3) is 0 Å². The van der Waals surface area contributed by atoms with Crippen molar-refractivity contribution in [3.05, 3.63) is 51.8 Å². The number of benzene rings is 1. The molecule has 1 amide bonds. The molecule has 0 aliphatic rings. The van der Waals surface area contributed by atoms with Gasteiger partial charge in [0.2, 0.25) is 0 Å². The van der Waals surface area contributed by atoms with Crippen LogP contribution in [-0.4, -0.2) is 23.2 Å². The molecule has 0 radical (unpaired) electrons. The molecule has 0 saturated heterocycles. The molecule has 1 aromatic carbocycles. The summed E-state index contributed by atoms with van der Waals surface area (Å²) in [5, 5.41) is 11.6. The average molecular weight is 258 g/mol. The number of amides is 1. The van der Waals surface area contributed by atoms with Crippen molar-refractivity contribution in [3.8, 4) is 0 Å². The van der Waals surface area contributed by atoms with Gasteiger partial charge in [0.25, 0.3) is 11.5 Å².